The van der Waals surface area contributed by atoms with Gasteiger partial charge in [0.05, 0.1) is 21.3 Å². The van der Waals surface area contributed by atoms with Crippen molar-refractivity contribution < 1.29 is 13.2 Å². The number of nitrogens with two attached hydrogens (primary N) is 1. The normalized spacial score (nSPS) is 13.2. The maximum Gasteiger partial charge on any atom is 0.147 e. The van der Waals surface area contributed by atoms with Crippen LogP contribution >= 0.6 is 31.9 Å². The average molecular weight is 429 g/mol. The summed E-state index contributed by atoms with van der Waals surface area (Å²) in [4.78, 5) is 0. The first-order valence-electron chi connectivity index (χ1n) is 6.23. The number of halogens is 2. The van der Waals surface area contributed by atoms with Crippen LogP contribution in [0, 0.1) is 0 Å². The third-order valence-corrected chi connectivity index (χ3v) is 4.73. The van der Waals surface area contributed by atoms with Crippen LogP contribution in [0.25, 0.3) is 0 Å². The summed E-state index contributed by atoms with van der Waals surface area (Å²) in [5.74, 6) is 0.817. The van der Waals surface area contributed by atoms with Crippen molar-refractivity contribution >= 4 is 41.7 Å². The van der Waals surface area contributed by atoms with Gasteiger partial charge in [-0.2, -0.15) is 0 Å². The van der Waals surface area contributed by atoms with Gasteiger partial charge in [-0.15, -0.1) is 0 Å². The monoisotopic (exact) mass is 427 g/mol. The molecule has 0 saturated heterocycles. The second-order valence-electron chi connectivity index (χ2n) is 4.90. The van der Waals surface area contributed by atoms with Gasteiger partial charge in [0.1, 0.15) is 15.6 Å². The Kier molecular flexibility index (Phi) is 6.97. The minimum Gasteiger partial charge on any atom is -0.491 e. The lowest BCUT2D eigenvalue weighted by Crippen LogP contribution is -2.17. The topological polar surface area (TPSA) is 69.4 Å². The Balaban J connectivity index is 2.67. The summed E-state index contributed by atoms with van der Waals surface area (Å²) in [6.45, 7) is 2.31. The van der Waals surface area contributed by atoms with E-state index in [0.29, 0.717) is 18.8 Å². The third-order valence-electron chi connectivity index (χ3n) is 2.52. The number of sulfone groups is 1. The van der Waals surface area contributed by atoms with Gasteiger partial charge < -0.3 is 10.5 Å². The number of benzene rings is 1. The van der Waals surface area contributed by atoms with E-state index in [-0.39, 0.29) is 11.8 Å². The summed E-state index contributed by atoms with van der Waals surface area (Å²) < 4.78 is 29.4. The first-order chi connectivity index (χ1) is 9.19. The van der Waals surface area contributed by atoms with Crippen LogP contribution in [0.5, 0.6) is 5.75 Å². The lowest BCUT2D eigenvalue weighted by molar-refractivity contribution is 0.313. The second-order valence-corrected chi connectivity index (χ2v) is 8.87. The summed E-state index contributed by atoms with van der Waals surface area (Å²) in [5, 5.41) is 0. The van der Waals surface area contributed by atoms with Crippen LogP contribution in [0.3, 0.4) is 0 Å². The molecule has 114 valence electrons. The molecule has 0 aliphatic heterocycles. The van der Waals surface area contributed by atoms with Crippen LogP contribution in [0.1, 0.15) is 18.9 Å². The molecule has 0 aliphatic rings. The van der Waals surface area contributed by atoms with Crippen LogP contribution < -0.4 is 10.5 Å². The third kappa shape index (κ3) is 6.56. The van der Waals surface area contributed by atoms with Gasteiger partial charge in [0.25, 0.3) is 0 Å². The van der Waals surface area contributed by atoms with Crippen molar-refractivity contribution in [1.82, 2.24) is 0 Å². The first kappa shape index (κ1) is 17.9. The molecule has 0 aromatic heterocycles. The molecule has 0 heterocycles. The molecular formula is C13H19Br2NO3S. The van der Waals surface area contributed by atoms with E-state index in [1.807, 2.05) is 19.1 Å². The van der Waals surface area contributed by atoms with Crippen LogP contribution in [0.4, 0.5) is 0 Å². The molecule has 1 atom stereocenters. The van der Waals surface area contributed by atoms with E-state index in [1.165, 1.54) is 6.26 Å². The summed E-state index contributed by atoms with van der Waals surface area (Å²) >= 11 is 6.93. The van der Waals surface area contributed by atoms with Gasteiger partial charge in [-0.1, -0.05) is 0 Å². The molecule has 1 aromatic carbocycles. The van der Waals surface area contributed by atoms with Crippen molar-refractivity contribution in [2.45, 2.75) is 25.8 Å². The molecule has 0 saturated carbocycles. The van der Waals surface area contributed by atoms with Gasteiger partial charge in [-0.25, -0.2) is 8.42 Å². The molecular weight excluding hydrogens is 410 g/mol. The highest BCUT2D eigenvalue weighted by atomic mass is 79.9. The average Bonchev–Trinajstić information content (AvgIpc) is 2.24. The van der Waals surface area contributed by atoms with E-state index >= 15 is 0 Å². The predicted molar refractivity (Wildman–Crippen MR) is 89.0 cm³/mol. The highest BCUT2D eigenvalue weighted by molar-refractivity contribution is 9.11. The Morgan fingerprint density at radius 1 is 1.30 bits per heavy atom. The summed E-state index contributed by atoms with van der Waals surface area (Å²) in [6.07, 6.45) is 2.48. The van der Waals surface area contributed by atoms with Crippen LogP contribution in [-0.2, 0) is 16.3 Å². The van der Waals surface area contributed by atoms with Crippen molar-refractivity contribution in [3.8, 4) is 5.75 Å². The van der Waals surface area contributed by atoms with Gasteiger partial charge in [0.15, 0.2) is 0 Å². The smallest absolute Gasteiger partial charge is 0.147 e. The molecule has 7 heteroatoms. The van der Waals surface area contributed by atoms with Crippen LogP contribution in [-0.4, -0.2) is 33.1 Å². The largest absolute Gasteiger partial charge is 0.491 e. The lowest BCUT2D eigenvalue weighted by Gasteiger charge is -2.13. The molecule has 0 amide bonds. The number of hydrogen-bond donors (Lipinski definition) is 1. The molecule has 0 spiro atoms. The zero-order valence-electron chi connectivity index (χ0n) is 11.5. The van der Waals surface area contributed by atoms with Crippen LogP contribution in [0.15, 0.2) is 21.1 Å². The number of hydrogen-bond acceptors (Lipinski definition) is 4. The Bertz CT molecular complexity index is 536. The molecule has 1 aromatic rings. The maximum absolute atomic E-state index is 11.0. The highest BCUT2D eigenvalue weighted by Gasteiger charge is 2.10. The van der Waals surface area contributed by atoms with Crippen molar-refractivity contribution in [2.75, 3.05) is 18.6 Å². The van der Waals surface area contributed by atoms with Gasteiger partial charge in [0.2, 0.25) is 0 Å². The Morgan fingerprint density at radius 3 is 2.30 bits per heavy atom. The quantitative estimate of drug-likeness (QED) is 0.677. The molecule has 20 heavy (non-hydrogen) atoms. The highest BCUT2D eigenvalue weighted by Crippen LogP contribution is 2.35. The summed E-state index contributed by atoms with van der Waals surface area (Å²) in [5.41, 5.74) is 6.90. The molecule has 2 N–H and O–H groups in total. The maximum atomic E-state index is 11.0. The van der Waals surface area contributed by atoms with E-state index in [9.17, 15) is 8.42 Å². The van der Waals surface area contributed by atoms with E-state index in [1.54, 1.807) is 0 Å². The van der Waals surface area contributed by atoms with Gasteiger partial charge >= 0.3 is 0 Å². The number of ether oxygens (including phenoxy) is 1. The van der Waals surface area contributed by atoms with Crippen molar-refractivity contribution in [1.29, 1.82) is 0 Å². The standard InChI is InChI=1S/C13H19Br2NO3S/c1-9(16)6-10-7-11(14)13(12(15)8-10)19-4-3-5-20(2,17)18/h7-9H,3-6,16H2,1-2H3. The lowest BCUT2D eigenvalue weighted by atomic mass is 10.1. The second kappa shape index (κ2) is 7.77. The summed E-state index contributed by atoms with van der Waals surface area (Å²) in [7, 11) is -2.94. The fourth-order valence-electron chi connectivity index (χ4n) is 1.74. The Morgan fingerprint density at radius 2 is 1.85 bits per heavy atom. The van der Waals surface area contributed by atoms with Crippen molar-refractivity contribution in [3.63, 3.8) is 0 Å². The molecule has 0 fully saturated rings. The molecule has 4 nitrogen and oxygen atoms in total. The van der Waals surface area contributed by atoms with E-state index in [2.05, 4.69) is 31.9 Å². The van der Waals surface area contributed by atoms with Gasteiger partial charge in [-0.3, -0.25) is 0 Å². The predicted octanol–water partition coefficient (Wildman–Crippen LogP) is 2.91. The van der Waals surface area contributed by atoms with Crippen molar-refractivity contribution in [3.05, 3.63) is 26.6 Å². The van der Waals surface area contributed by atoms with Crippen LogP contribution in [0.2, 0.25) is 0 Å². The van der Waals surface area contributed by atoms with Gasteiger partial charge in [0, 0.05) is 12.3 Å². The minimum absolute atomic E-state index is 0.0929. The Labute approximate surface area is 137 Å². The zero-order valence-corrected chi connectivity index (χ0v) is 15.5. The molecule has 1 unspecified atom stereocenters. The van der Waals surface area contributed by atoms with E-state index < -0.39 is 9.84 Å². The van der Waals surface area contributed by atoms with Gasteiger partial charge in [-0.05, 0) is 69.3 Å². The fourth-order valence-corrected chi connectivity index (χ4v) is 3.89. The summed E-state index contributed by atoms with van der Waals surface area (Å²) in [6, 6.07) is 4.04. The zero-order chi connectivity index (χ0) is 15.3. The molecule has 1 rings (SSSR count). The SMILES string of the molecule is CC(N)Cc1cc(Br)c(OCCCS(C)(=O)=O)c(Br)c1. The van der Waals surface area contributed by atoms with E-state index in [0.717, 1.165) is 20.9 Å². The first-order valence-corrected chi connectivity index (χ1v) is 9.87. The molecule has 0 radical (unpaired) electrons. The molecule has 0 bridgehead atoms. The molecule has 0 aliphatic carbocycles. The Hall–Kier alpha value is -0.110. The number of rotatable bonds is 7. The van der Waals surface area contributed by atoms with E-state index in [4.69, 9.17) is 10.5 Å². The van der Waals surface area contributed by atoms with Crippen molar-refractivity contribution in [2.24, 2.45) is 5.73 Å². The fraction of sp³-hybridized carbons (Fsp3) is 0.538. The minimum atomic E-state index is -2.94.